The minimum absolute atomic E-state index is 0.347. The van der Waals surface area contributed by atoms with Crippen LogP contribution in [0.5, 0.6) is 5.75 Å². The smallest absolute Gasteiger partial charge is 0.126 e. The first-order chi connectivity index (χ1) is 10.5. The van der Waals surface area contributed by atoms with Crippen LogP contribution in [-0.2, 0) is 0 Å². The van der Waals surface area contributed by atoms with Crippen molar-refractivity contribution < 1.29 is 9.84 Å². The van der Waals surface area contributed by atoms with E-state index >= 15 is 0 Å². The lowest BCUT2D eigenvalue weighted by Gasteiger charge is -2.13. The first kappa shape index (κ1) is 20.7. The van der Waals surface area contributed by atoms with Crippen molar-refractivity contribution >= 4 is 5.57 Å². The number of aryl methyl sites for hydroxylation is 1. The van der Waals surface area contributed by atoms with Crippen molar-refractivity contribution in [2.75, 3.05) is 13.7 Å². The normalized spacial score (nSPS) is 11.4. The number of ether oxygens (including phenoxy) is 1. The zero-order valence-corrected chi connectivity index (χ0v) is 15.1. The molecule has 0 amide bonds. The van der Waals surface area contributed by atoms with Crippen molar-refractivity contribution in [1.82, 2.24) is 0 Å². The van der Waals surface area contributed by atoms with Crippen LogP contribution in [0.25, 0.3) is 5.57 Å². The first-order valence-electron chi connectivity index (χ1n) is 8.44. The van der Waals surface area contributed by atoms with Gasteiger partial charge in [0.15, 0.2) is 0 Å². The maximum atomic E-state index is 8.56. The molecule has 0 radical (unpaired) electrons. The van der Waals surface area contributed by atoms with E-state index in [4.69, 9.17) is 9.84 Å². The number of benzene rings is 1. The number of aliphatic hydroxyl groups is 1. The molecule has 2 heteroatoms. The molecular formula is C20H34O2. The molecule has 0 spiro atoms. The van der Waals surface area contributed by atoms with Gasteiger partial charge >= 0.3 is 0 Å². The highest BCUT2D eigenvalue weighted by Gasteiger charge is 2.08. The summed E-state index contributed by atoms with van der Waals surface area (Å²) in [5.41, 5.74) is 3.59. The van der Waals surface area contributed by atoms with E-state index < -0.39 is 0 Å². The van der Waals surface area contributed by atoms with E-state index in [-0.39, 0.29) is 0 Å². The summed E-state index contributed by atoms with van der Waals surface area (Å²) in [5.74, 6) is 1.44. The van der Waals surface area contributed by atoms with Gasteiger partial charge < -0.3 is 9.84 Å². The molecule has 1 aromatic rings. The molecule has 126 valence electrons. The summed E-state index contributed by atoms with van der Waals surface area (Å²) in [6.45, 7) is 13.0. The standard InChI is InChI=1S/C13H18O.C7H16O/c1-5-7-10(2)13-11(3)8-6-9-12(13)14-4;1-3-4-5-7(2)6-8/h6,8-9H,2,5,7H2,1,3-4H3;7-8H,3-6H2,1-2H3. The molecule has 0 saturated carbocycles. The number of rotatable bonds is 8. The largest absolute Gasteiger partial charge is 0.496 e. The van der Waals surface area contributed by atoms with E-state index in [1.165, 1.54) is 36.0 Å². The number of hydrogen-bond acceptors (Lipinski definition) is 2. The molecule has 1 unspecified atom stereocenters. The summed E-state index contributed by atoms with van der Waals surface area (Å²) in [4.78, 5) is 0. The zero-order valence-electron chi connectivity index (χ0n) is 15.1. The van der Waals surface area contributed by atoms with Crippen LogP contribution in [0.15, 0.2) is 24.8 Å². The molecule has 0 fully saturated rings. The third-order valence-corrected chi connectivity index (χ3v) is 3.72. The average Bonchev–Trinajstić information content (AvgIpc) is 2.52. The molecule has 1 rings (SSSR count). The maximum Gasteiger partial charge on any atom is 0.126 e. The summed E-state index contributed by atoms with van der Waals surface area (Å²) in [7, 11) is 1.71. The Morgan fingerprint density at radius 3 is 2.45 bits per heavy atom. The number of hydrogen-bond donors (Lipinski definition) is 1. The molecule has 0 saturated heterocycles. The van der Waals surface area contributed by atoms with Crippen LogP contribution in [0.4, 0.5) is 0 Å². The Morgan fingerprint density at radius 2 is 1.95 bits per heavy atom. The minimum Gasteiger partial charge on any atom is -0.496 e. The zero-order chi connectivity index (χ0) is 17.0. The van der Waals surface area contributed by atoms with Crippen LogP contribution in [0.2, 0.25) is 0 Å². The highest BCUT2D eigenvalue weighted by atomic mass is 16.5. The van der Waals surface area contributed by atoms with Gasteiger partial charge in [-0.2, -0.15) is 0 Å². The van der Waals surface area contributed by atoms with Crippen LogP contribution in [0.3, 0.4) is 0 Å². The van der Waals surface area contributed by atoms with Crippen LogP contribution in [-0.4, -0.2) is 18.8 Å². The fraction of sp³-hybridized carbons (Fsp3) is 0.600. The Bertz CT molecular complexity index is 424. The molecule has 0 aliphatic carbocycles. The Morgan fingerprint density at radius 1 is 1.27 bits per heavy atom. The monoisotopic (exact) mass is 306 g/mol. The molecule has 0 aliphatic heterocycles. The second-order valence-electron chi connectivity index (χ2n) is 5.94. The summed E-state index contributed by atoms with van der Waals surface area (Å²) < 4.78 is 5.33. The van der Waals surface area contributed by atoms with Crippen molar-refractivity contribution in [3.63, 3.8) is 0 Å². The number of aliphatic hydroxyl groups excluding tert-OH is 1. The molecule has 1 aromatic carbocycles. The number of methoxy groups -OCH3 is 1. The van der Waals surface area contributed by atoms with Crippen molar-refractivity contribution in [3.05, 3.63) is 35.9 Å². The van der Waals surface area contributed by atoms with Gasteiger partial charge in [0.1, 0.15) is 5.75 Å². The molecule has 22 heavy (non-hydrogen) atoms. The van der Waals surface area contributed by atoms with Gasteiger partial charge in [0.2, 0.25) is 0 Å². The number of unbranched alkanes of at least 4 members (excludes halogenated alkanes) is 1. The van der Waals surface area contributed by atoms with Crippen LogP contribution >= 0.6 is 0 Å². The van der Waals surface area contributed by atoms with Crippen molar-refractivity contribution in [2.45, 2.75) is 59.8 Å². The Hall–Kier alpha value is -1.28. The molecule has 2 nitrogen and oxygen atoms in total. The van der Waals surface area contributed by atoms with E-state index in [9.17, 15) is 0 Å². The Kier molecular flexibility index (Phi) is 11.6. The summed E-state index contributed by atoms with van der Waals surface area (Å²) in [5, 5.41) is 8.56. The van der Waals surface area contributed by atoms with E-state index in [2.05, 4.69) is 40.3 Å². The van der Waals surface area contributed by atoms with Crippen molar-refractivity contribution in [3.8, 4) is 5.75 Å². The molecule has 0 aromatic heterocycles. The van der Waals surface area contributed by atoms with E-state index in [1.54, 1.807) is 7.11 Å². The SMILES string of the molecule is C=C(CCC)c1c(C)cccc1OC.CCCCC(C)CO. The van der Waals surface area contributed by atoms with Crippen LogP contribution in [0, 0.1) is 12.8 Å². The van der Waals surface area contributed by atoms with Crippen LogP contribution in [0.1, 0.15) is 64.0 Å². The quantitative estimate of drug-likeness (QED) is 0.675. The minimum atomic E-state index is 0.347. The van der Waals surface area contributed by atoms with Gasteiger partial charge in [-0.1, -0.05) is 58.7 Å². The van der Waals surface area contributed by atoms with Gasteiger partial charge in [0, 0.05) is 12.2 Å². The first-order valence-corrected chi connectivity index (χ1v) is 8.44. The number of allylic oxidation sites excluding steroid dienone is 1. The predicted octanol–water partition coefficient (Wildman–Crippen LogP) is 5.62. The molecule has 1 N–H and O–H groups in total. The fourth-order valence-corrected chi connectivity index (χ4v) is 2.33. The van der Waals surface area contributed by atoms with Gasteiger partial charge in [-0.05, 0) is 42.9 Å². The lowest BCUT2D eigenvalue weighted by atomic mass is 9.97. The topological polar surface area (TPSA) is 29.5 Å². The van der Waals surface area contributed by atoms with Gasteiger partial charge in [0.05, 0.1) is 7.11 Å². The highest BCUT2D eigenvalue weighted by Crippen LogP contribution is 2.30. The average molecular weight is 306 g/mol. The lowest BCUT2D eigenvalue weighted by Crippen LogP contribution is -1.98. The summed E-state index contributed by atoms with van der Waals surface area (Å²) in [6, 6.07) is 6.10. The third kappa shape index (κ3) is 7.65. The van der Waals surface area contributed by atoms with Gasteiger partial charge in [-0.3, -0.25) is 0 Å². The van der Waals surface area contributed by atoms with Crippen molar-refractivity contribution in [2.24, 2.45) is 5.92 Å². The van der Waals surface area contributed by atoms with E-state index in [1.807, 2.05) is 12.1 Å². The summed E-state index contributed by atoms with van der Waals surface area (Å²) >= 11 is 0. The second-order valence-corrected chi connectivity index (χ2v) is 5.94. The van der Waals surface area contributed by atoms with Gasteiger partial charge in [-0.25, -0.2) is 0 Å². The highest BCUT2D eigenvalue weighted by molar-refractivity contribution is 5.71. The summed E-state index contributed by atoms with van der Waals surface area (Å²) in [6.07, 6.45) is 5.82. The van der Waals surface area contributed by atoms with E-state index in [0.29, 0.717) is 12.5 Å². The second kappa shape index (κ2) is 12.3. The third-order valence-electron chi connectivity index (χ3n) is 3.72. The Balaban J connectivity index is 0.000000472. The molecular weight excluding hydrogens is 272 g/mol. The van der Waals surface area contributed by atoms with Gasteiger partial charge in [-0.15, -0.1) is 0 Å². The maximum absolute atomic E-state index is 8.56. The Labute approximate surface area is 137 Å². The lowest BCUT2D eigenvalue weighted by molar-refractivity contribution is 0.228. The van der Waals surface area contributed by atoms with E-state index in [0.717, 1.165) is 18.6 Å². The van der Waals surface area contributed by atoms with Crippen LogP contribution < -0.4 is 4.74 Å². The molecule has 0 bridgehead atoms. The van der Waals surface area contributed by atoms with Crippen molar-refractivity contribution in [1.29, 1.82) is 0 Å². The molecule has 0 heterocycles. The molecule has 1 atom stereocenters. The predicted molar refractivity (Wildman–Crippen MR) is 97.4 cm³/mol. The van der Waals surface area contributed by atoms with Gasteiger partial charge in [0.25, 0.3) is 0 Å². The fourth-order valence-electron chi connectivity index (χ4n) is 2.33. The molecule has 0 aliphatic rings.